The zero-order valence-corrected chi connectivity index (χ0v) is 18.8. The molecule has 0 aliphatic rings. The average Bonchev–Trinajstić information content (AvgIpc) is 3.27. The van der Waals surface area contributed by atoms with E-state index in [0.29, 0.717) is 16.6 Å². The van der Waals surface area contributed by atoms with E-state index in [1.54, 1.807) is 13.2 Å². The molecule has 32 heavy (non-hydrogen) atoms. The van der Waals surface area contributed by atoms with Crippen LogP contribution in [0.25, 0.3) is 17.1 Å². The number of methoxy groups -OCH3 is 1. The van der Waals surface area contributed by atoms with Crippen molar-refractivity contribution in [1.29, 1.82) is 0 Å². The molecule has 0 spiro atoms. The Balaban J connectivity index is 1.57. The van der Waals surface area contributed by atoms with E-state index in [4.69, 9.17) is 4.74 Å². The van der Waals surface area contributed by atoms with Gasteiger partial charge in [0.05, 0.1) is 12.9 Å². The Morgan fingerprint density at radius 2 is 1.78 bits per heavy atom. The van der Waals surface area contributed by atoms with Crippen molar-refractivity contribution in [2.75, 3.05) is 18.2 Å². The predicted molar refractivity (Wildman–Crippen MR) is 129 cm³/mol. The monoisotopic (exact) mass is 444 g/mol. The molecule has 1 amide bonds. The van der Waals surface area contributed by atoms with Crippen LogP contribution in [0.4, 0.5) is 5.69 Å². The van der Waals surface area contributed by atoms with Gasteiger partial charge in [-0.05, 0) is 36.2 Å². The number of nitrogens with zero attached hydrogens (tertiary/aromatic N) is 3. The Bertz CT molecular complexity index is 1190. The Morgan fingerprint density at radius 3 is 2.50 bits per heavy atom. The van der Waals surface area contributed by atoms with Crippen LogP contribution in [0.5, 0.6) is 5.75 Å². The van der Waals surface area contributed by atoms with Crippen molar-refractivity contribution in [3.63, 3.8) is 0 Å². The summed E-state index contributed by atoms with van der Waals surface area (Å²) < 4.78 is 7.21. The maximum absolute atomic E-state index is 12.6. The Morgan fingerprint density at radius 1 is 1.00 bits per heavy atom. The summed E-state index contributed by atoms with van der Waals surface area (Å²) in [6, 6.07) is 25.6. The molecule has 3 aromatic carbocycles. The minimum atomic E-state index is -0.125. The molecule has 4 aromatic rings. The summed E-state index contributed by atoms with van der Waals surface area (Å²) in [4.78, 5) is 12.6. The lowest BCUT2D eigenvalue weighted by Crippen LogP contribution is -2.14. The second-order valence-corrected chi connectivity index (χ2v) is 8.04. The lowest BCUT2D eigenvalue weighted by molar-refractivity contribution is -0.113. The van der Waals surface area contributed by atoms with E-state index < -0.39 is 0 Å². The summed E-state index contributed by atoms with van der Waals surface area (Å²) in [5.41, 5.74) is 3.88. The second kappa shape index (κ2) is 10.2. The van der Waals surface area contributed by atoms with Crippen LogP contribution in [0.3, 0.4) is 0 Å². The van der Waals surface area contributed by atoms with Crippen molar-refractivity contribution in [2.24, 2.45) is 0 Å². The maximum Gasteiger partial charge on any atom is 0.234 e. The predicted octanol–water partition coefficient (Wildman–Crippen LogP) is 5.24. The summed E-state index contributed by atoms with van der Waals surface area (Å²) >= 11 is 1.35. The highest BCUT2D eigenvalue weighted by Gasteiger charge is 2.17. The number of benzene rings is 3. The molecule has 0 radical (unpaired) electrons. The highest BCUT2D eigenvalue weighted by molar-refractivity contribution is 7.99. The Hall–Kier alpha value is -3.58. The number of thioether (sulfide) groups is 1. The van der Waals surface area contributed by atoms with Gasteiger partial charge in [0.1, 0.15) is 5.75 Å². The second-order valence-electron chi connectivity index (χ2n) is 7.10. The summed E-state index contributed by atoms with van der Waals surface area (Å²) in [6.45, 7) is 2.13. The van der Waals surface area contributed by atoms with E-state index in [1.807, 2.05) is 53.1 Å². The minimum Gasteiger partial charge on any atom is -0.497 e. The molecule has 162 valence electrons. The number of anilines is 1. The molecule has 1 heterocycles. The lowest BCUT2D eigenvalue weighted by atomic mass is 10.1. The largest absolute Gasteiger partial charge is 0.497 e. The highest BCUT2D eigenvalue weighted by Crippen LogP contribution is 2.28. The van der Waals surface area contributed by atoms with E-state index in [9.17, 15) is 4.79 Å². The standard InChI is InChI=1S/C25H24N4O2S/c1-3-18-12-14-21(15-13-18)29-24(19-8-5-4-6-9-19)27-28-25(29)32-17-23(30)26-20-10-7-11-22(16-20)31-2/h4-16H,3,17H2,1-2H3,(H,26,30). The van der Waals surface area contributed by atoms with Gasteiger partial charge in [0.25, 0.3) is 0 Å². The van der Waals surface area contributed by atoms with E-state index in [2.05, 4.69) is 46.7 Å². The summed E-state index contributed by atoms with van der Waals surface area (Å²) in [7, 11) is 1.60. The first-order valence-corrected chi connectivity index (χ1v) is 11.3. The number of amides is 1. The smallest absolute Gasteiger partial charge is 0.234 e. The van der Waals surface area contributed by atoms with Gasteiger partial charge < -0.3 is 10.1 Å². The van der Waals surface area contributed by atoms with Crippen molar-refractivity contribution < 1.29 is 9.53 Å². The van der Waals surface area contributed by atoms with E-state index in [0.717, 1.165) is 23.5 Å². The van der Waals surface area contributed by atoms with Gasteiger partial charge >= 0.3 is 0 Å². The van der Waals surface area contributed by atoms with Crippen LogP contribution in [0, 0.1) is 0 Å². The third-order valence-electron chi connectivity index (χ3n) is 4.95. The quantitative estimate of drug-likeness (QED) is 0.377. The Kier molecular flexibility index (Phi) is 6.87. The van der Waals surface area contributed by atoms with Gasteiger partial charge in [-0.25, -0.2) is 0 Å². The summed E-state index contributed by atoms with van der Waals surface area (Å²) in [5, 5.41) is 12.4. The first kappa shape index (κ1) is 21.6. The van der Waals surface area contributed by atoms with Crippen molar-refractivity contribution in [2.45, 2.75) is 18.5 Å². The fraction of sp³-hybridized carbons (Fsp3) is 0.160. The van der Waals surface area contributed by atoms with Crippen LogP contribution >= 0.6 is 11.8 Å². The van der Waals surface area contributed by atoms with Gasteiger partial charge in [0, 0.05) is 23.0 Å². The van der Waals surface area contributed by atoms with Gasteiger partial charge in [-0.15, -0.1) is 10.2 Å². The fourth-order valence-corrected chi connectivity index (χ4v) is 4.03. The molecule has 4 rings (SSSR count). The van der Waals surface area contributed by atoms with E-state index in [1.165, 1.54) is 17.3 Å². The van der Waals surface area contributed by atoms with Crippen LogP contribution in [0.2, 0.25) is 0 Å². The first-order valence-electron chi connectivity index (χ1n) is 10.3. The number of aryl methyl sites for hydroxylation is 1. The van der Waals surface area contributed by atoms with Crippen LogP contribution in [0.15, 0.2) is 84.0 Å². The molecule has 0 aliphatic heterocycles. The van der Waals surface area contributed by atoms with Crippen molar-refractivity contribution >= 4 is 23.4 Å². The number of nitrogens with one attached hydrogen (secondary N) is 1. The molecule has 7 heteroatoms. The number of rotatable bonds is 8. The molecule has 0 aliphatic carbocycles. The molecular formula is C25H24N4O2S. The van der Waals surface area contributed by atoms with Gasteiger partial charge in [0.2, 0.25) is 5.91 Å². The molecule has 0 unspecified atom stereocenters. The third kappa shape index (κ3) is 5.00. The molecule has 0 saturated heterocycles. The molecule has 0 bridgehead atoms. The number of hydrogen-bond donors (Lipinski definition) is 1. The molecule has 0 saturated carbocycles. The summed E-state index contributed by atoms with van der Waals surface area (Å²) in [5.74, 6) is 1.51. The lowest BCUT2D eigenvalue weighted by Gasteiger charge is -2.11. The minimum absolute atomic E-state index is 0.125. The number of carbonyl (C=O) groups excluding carboxylic acids is 1. The molecular weight excluding hydrogens is 420 g/mol. The number of aromatic nitrogens is 3. The van der Waals surface area contributed by atoms with Crippen molar-refractivity contribution in [3.05, 3.63) is 84.4 Å². The molecule has 0 atom stereocenters. The fourth-order valence-electron chi connectivity index (χ4n) is 3.28. The van der Waals surface area contributed by atoms with E-state index >= 15 is 0 Å². The maximum atomic E-state index is 12.6. The van der Waals surface area contributed by atoms with Crippen molar-refractivity contribution in [3.8, 4) is 22.8 Å². The SMILES string of the molecule is CCc1ccc(-n2c(SCC(=O)Nc3cccc(OC)c3)nnc2-c2ccccc2)cc1. The van der Waals surface area contributed by atoms with Gasteiger partial charge in [0.15, 0.2) is 11.0 Å². The zero-order valence-electron chi connectivity index (χ0n) is 18.0. The topological polar surface area (TPSA) is 69.0 Å². The van der Waals surface area contributed by atoms with Crippen LogP contribution in [-0.2, 0) is 11.2 Å². The average molecular weight is 445 g/mol. The Labute approximate surface area is 191 Å². The third-order valence-corrected chi connectivity index (χ3v) is 5.88. The van der Waals surface area contributed by atoms with Crippen molar-refractivity contribution in [1.82, 2.24) is 14.8 Å². The van der Waals surface area contributed by atoms with Gasteiger partial charge in [-0.3, -0.25) is 9.36 Å². The normalized spacial score (nSPS) is 10.7. The highest BCUT2D eigenvalue weighted by atomic mass is 32.2. The van der Waals surface area contributed by atoms with Crippen LogP contribution < -0.4 is 10.1 Å². The molecule has 1 N–H and O–H groups in total. The number of carbonyl (C=O) groups is 1. The molecule has 0 fully saturated rings. The number of ether oxygens (including phenoxy) is 1. The first-order chi connectivity index (χ1) is 15.7. The molecule has 6 nitrogen and oxygen atoms in total. The van der Waals surface area contributed by atoms with Crippen LogP contribution in [-0.4, -0.2) is 33.5 Å². The number of hydrogen-bond acceptors (Lipinski definition) is 5. The van der Waals surface area contributed by atoms with Gasteiger partial charge in [-0.2, -0.15) is 0 Å². The molecule has 1 aromatic heterocycles. The van der Waals surface area contributed by atoms with Crippen LogP contribution in [0.1, 0.15) is 12.5 Å². The zero-order chi connectivity index (χ0) is 22.3. The van der Waals surface area contributed by atoms with Gasteiger partial charge in [-0.1, -0.05) is 67.2 Å². The summed E-state index contributed by atoms with van der Waals surface area (Å²) in [6.07, 6.45) is 0.972. The van der Waals surface area contributed by atoms with E-state index in [-0.39, 0.29) is 11.7 Å².